The van der Waals surface area contributed by atoms with Crippen LogP contribution in [0.5, 0.6) is 0 Å². The molecule has 1 atom stereocenters. The fourth-order valence-corrected chi connectivity index (χ4v) is 3.22. The Bertz CT molecular complexity index is 597. The summed E-state index contributed by atoms with van der Waals surface area (Å²) in [6, 6.07) is 4.87. The Morgan fingerprint density at radius 1 is 1.42 bits per heavy atom. The quantitative estimate of drug-likeness (QED) is 0.920. The van der Waals surface area contributed by atoms with E-state index < -0.39 is 0 Å². The van der Waals surface area contributed by atoms with Gasteiger partial charge in [0.15, 0.2) is 0 Å². The highest BCUT2D eigenvalue weighted by Gasteiger charge is 2.38. The molecule has 4 heteroatoms. The van der Waals surface area contributed by atoms with E-state index in [4.69, 9.17) is 4.98 Å². The van der Waals surface area contributed by atoms with Crippen LogP contribution in [0.4, 0.5) is 4.39 Å². The maximum absolute atomic E-state index is 13.5. The number of fused-ring (bicyclic) bond motifs is 1. The molecule has 1 aliphatic rings. The van der Waals surface area contributed by atoms with Crippen molar-refractivity contribution in [1.29, 1.82) is 0 Å². The van der Waals surface area contributed by atoms with Gasteiger partial charge in [0.2, 0.25) is 0 Å². The summed E-state index contributed by atoms with van der Waals surface area (Å²) in [6.07, 6.45) is 2.17. The summed E-state index contributed by atoms with van der Waals surface area (Å²) >= 11 is 0. The largest absolute Gasteiger partial charge is 0.328 e. The van der Waals surface area contributed by atoms with E-state index >= 15 is 0 Å². The van der Waals surface area contributed by atoms with Gasteiger partial charge in [-0.15, -0.1) is 0 Å². The molecular formula is C15H20FN3. The lowest BCUT2D eigenvalue weighted by Gasteiger charge is -2.26. The normalized spacial score (nSPS) is 23.3. The molecule has 1 aromatic carbocycles. The van der Waals surface area contributed by atoms with Crippen molar-refractivity contribution in [3.63, 3.8) is 0 Å². The van der Waals surface area contributed by atoms with Crippen LogP contribution in [0.25, 0.3) is 11.0 Å². The molecule has 0 bridgehead atoms. The zero-order valence-corrected chi connectivity index (χ0v) is 11.5. The number of hydrogen-bond acceptors (Lipinski definition) is 2. The molecule has 0 amide bonds. The Kier molecular flexibility index (Phi) is 3.05. The smallest absolute Gasteiger partial charge is 0.125 e. The second-order valence-corrected chi connectivity index (χ2v) is 5.37. The van der Waals surface area contributed by atoms with Crippen molar-refractivity contribution in [3.05, 3.63) is 29.8 Å². The average molecular weight is 261 g/mol. The van der Waals surface area contributed by atoms with E-state index in [9.17, 15) is 4.39 Å². The van der Waals surface area contributed by atoms with Crippen LogP contribution >= 0.6 is 0 Å². The summed E-state index contributed by atoms with van der Waals surface area (Å²) in [4.78, 5) is 4.81. The Labute approximate surface area is 112 Å². The van der Waals surface area contributed by atoms with Gasteiger partial charge in [0.05, 0.1) is 11.0 Å². The van der Waals surface area contributed by atoms with Gasteiger partial charge in [-0.3, -0.25) is 0 Å². The van der Waals surface area contributed by atoms with Crippen LogP contribution in [0.2, 0.25) is 0 Å². The van der Waals surface area contributed by atoms with Crippen molar-refractivity contribution in [3.8, 4) is 0 Å². The van der Waals surface area contributed by atoms with E-state index in [1.54, 1.807) is 12.1 Å². The lowest BCUT2D eigenvalue weighted by Crippen LogP contribution is -2.31. The number of nitrogens with one attached hydrogen (secondary N) is 1. The number of rotatable bonds is 3. The molecule has 1 aromatic heterocycles. The van der Waals surface area contributed by atoms with Gasteiger partial charge in [-0.05, 0) is 44.5 Å². The molecule has 1 fully saturated rings. The van der Waals surface area contributed by atoms with E-state index in [1.807, 2.05) is 0 Å². The summed E-state index contributed by atoms with van der Waals surface area (Å²) in [5.74, 6) is 0.923. The first-order chi connectivity index (χ1) is 9.20. The number of benzene rings is 1. The number of aromatic nitrogens is 2. The fraction of sp³-hybridized carbons (Fsp3) is 0.533. The second kappa shape index (κ2) is 4.60. The van der Waals surface area contributed by atoms with Gasteiger partial charge < -0.3 is 9.88 Å². The molecule has 3 nitrogen and oxygen atoms in total. The van der Waals surface area contributed by atoms with E-state index in [2.05, 4.69) is 23.7 Å². The van der Waals surface area contributed by atoms with Crippen molar-refractivity contribution in [2.45, 2.75) is 38.6 Å². The number of imidazole rings is 1. The van der Waals surface area contributed by atoms with Crippen LogP contribution in [-0.2, 0) is 12.0 Å². The third-order valence-corrected chi connectivity index (χ3v) is 4.42. The molecule has 102 valence electrons. The third-order valence-electron chi connectivity index (χ3n) is 4.42. The van der Waals surface area contributed by atoms with Crippen molar-refractivity contribution in [2.24, 2.45) is 0 Å². The molecule has 19 heavy (non-hydrogen) atoms. The van der Waals surface area contributed by atoms with Gasteiger partial charge in [0, 0.05) is 18.5 Å². The van der Waals surface area contributed by atoms with Crippen LogP contribution in [0.3, 0.4) is 0 Å². The molecule has 2 heterocycles. The molecule has 2 aromatic rings. The van der Waals surface area contributed by atoms with Gasteiger partial charge in [0.1, 0.15) is 11.6 Å². The minimum Gasteiger partial charge on any atom is -0.328 e. The minimum absolute atomic E-state index is 0.103. The summed E-state index contributed by atoms with van der Waals surface area (Å²) in [6.45, 7) is 7.15. The minimum atomic E-state index is -0.191. The van der Waals surface area contributed by atoms with E-state index in [0.29, 0.717) is 0 Å². The lowest BCUT2D eigenvalue weighted by molar-refractivity contribution is 0.408. The van der Waals surface area contributed by atoms with E-state index in [-0.39, 0.29) is 11.2 Å². The van der Waals surface area contributed by atoms with Crippen molar-refractivity contribution in [2.75, 3.05) is 13.1 Å². The predicted octanol–water partition coefficient (Wildman–Crippen LogP) is 2.84. The van der Waals surface area contributed by atoms with Gasteiger partial charge in [0.25, 0.3) is 0 Å². The first kappa shape index (κ1) is 12.6. The Balaban J connectivity index is 2.23. The van der Waals surface area contributed by atoms with Gasteiger partial charge in [-0.2, -0.15) is 0 Å². The van der Waals surface area contributed by atoms with Crippen molar-refractivity contribution >= 4 is 11.0 Å². The Hall–Kier alpha value is -1.42. The average Bonchev–Trinajstić information content (AvgIpc) is 3.02. The fourth-order valence-electron chi connectivity index (χ4n) is 3.22. The Morgan fingerprint density at radius 2 is 2.26 bits per heavy atom. The van der Waals surface area contributed by atoms with E-state index in [1.165, 1.54) is 6.07 Å². The van der Waals surface area contributed by atoms with Crippen LogP contribution in [0, 0.1) is 5.82 Å². The number of aryl methyl sites for hydroxylation is 1. The first-order valence-corrected chi connectivity index (χ1v) is 7.07. The van der Waals surface area contributed by atoms with Gasteiger partial charge in [-0.1, -0.05) is 6.92 Å². The highest BCUT2D eigenvalue weighted by atomic mass is 19.1. The van der Waals surface area contributed by atoms with E-state index in [0.717, 1.165) is 49.3 Å². The highest BCUT2D eigenvalue weighted by molar-refractivity contribution is 5.76. The number of halogens is 1. The third kappa shape index (κ3) is 1.86. The molecule has 1 aliphatic heterocycles. The first-order valence-electron chi connectivity index (χ1n) is 7.07. The maximum Gasteiger partial charge on any atom is 0.125 e. The van der Waals surface area contributed by atoms with Gasteiger partial charge >= 0.3 is 0 Å². The van der Waals surface area contributed by atoms with Crippen molar-refractivity contribution in [1.82, 2.24) is 14.9 Å². The molecule has 0 saturated carbocycles. The molecule has 1 N–H and O–H groups in total. The van der Waals surface area contributed by atoms with Crippen LogP contribution in [-0.4, -0.2) is 22.6 Å². The molecule has 1 unspecified atom stereocenters. The summed E-state index contributed by atoms with van der Waals surface area (Å²) in [5, 5.41) is 3.44. The zero-order valence-electron chi connectivity index (χ0n) is 11.5. The van der Waals surface area contributed by atoms with Crippen LogP contribution in [0.15, 0.2) is 18.2 Å². The van der Waals surface area contributed by atoms with Crippen LogP contribution < -0.4 is 5.32 Å². The molecule has 0 aliphatic carbocycles. The highest BCUT2D eigenvalue weighted by Crippen LogP contribution is 2.35. The zero-order chi connectivity index (χ0) is 13.5. The summed E-state index contributed by atoms with van der Waals surface area (Å²) < 4.78 is 15.6. The summed E-state index contributed by atoms with van der Waals surface area (Å²) in [7, 11) is 0. The number of nitrogens with zero attached hydrogens (tertiary/aromatic N) is 2. The van der Waals surface area contributed by atoms with Gasteiger partial charge in [-0.25, -0.2) is 9.37 Å². The topological polar surface area (TPSA) is 29.9 Å². The number of hydrogen-bond donors (Lipinski definition) is 1. The van der Waals surface area contributed by atoms with Crippen LogP contribution in [0.1, 0.15) is 32.5 Å². The summed E-state index contributed by atoms with van der Waals surface area (Å²) in [5.41, 5.74) is 1.92. The molecule has 3 rings (SSSR count). The maximum atomic E-state index is 13.5. The monoisotopic (exact) mass is 261 g/mol. The SMILES string of the molecule is CCn1c(C2(CC)CCNC2)nc2ccc(F)cc21. The molecule has 0 spiro atoms. The van der Waals surface area contributed by atoms with Crippen molar-refractivity contribution < 1.29 is 4.39 Å². The Morgan fingerprint density at radius 3 is 2.89 bits per heavy atom. The molecular weight excluding hydrogens is 241 g/mol. The lowest BCUT2D eigenvalue weighted by atomic mass is 9.83. The second-order valence-electron chi connectivity index (χ2n) is 5.37. The molecule has 0 radical (unpaired) electrons. The predicted molar refractivity (Wildman–Crippen MR) is 74.8 cm³/mol. The molecule has 1 saturated heterocycles. The standard InChI is InChI=1S/C15H20FN3/c1-3-15(7-8-17-10-15)14-18-12-6-5-11(16)9-13(12)19(14)4-2/h5-6,9,17H,3-4,7-8,10H2,1-2H3.